The normalized spacial score (nSPS) is 22.9. The number of primary amides is 1. The number of halogens is 3. The van der Waals surface area contributed by atoms with E-state index in [1.807, 2.05) is 36.1 Å². The lowest BCUT2D eigenvalue weighted by Gasteiger charge is -2.29. The molecule has 0 aliphatic carbocycles. The molecule has 14 heteroatoms. The molecule has 11 nitrogen and oxygen atoms in total. The molecular weight excluding hydrogens is 557 g/mol. The number of likely N-dealkylation sites (tertiary alicyclic amines) is 1. The van der Waals surface area contributed by atoms with Gasteiger partial charge in [-0.25, -0.2) is 14.6 Å². The van der Waals surface area contributed by atoms with Crippen molar-refractivity contribution in [3.8, 4) is 11.1 Å². The number of aliphatic hydroxyl groups excluding tert-OH is 1. The molecule has 228 valence electrons. The summed E-state index contributed by atoms with van der Waals surface area (Å²) in [6.45, 7) is 5.07. The Hall–Kier alpha value is -3.78. The molecule has 3 saturated heterocycles. The number of nitrogens with two attached hydrogens (primary N) is 1. The number of ether oxygens (including phenoxy) is 2. The average molecular weight is 593 g/mol. The maximum absolute atomic E-state index is 12.9. The van der Waals surface area contributed by atoms with Crippen LogP contribution in [-0.4, -0.2) is 98.0 Å². The van der Waals surface area contributed by atoms with Crippen LogP contribution < -0.4 is 20.9 Å². The maximum atomic E-state index is 12.9. The quantitative estimate of drug-likeness (QED) is 0.465. The van der Waals surface area contributed by atoms with Crippen LogP contribution in [0.25, 0.3) is 11.1 Å². The minimum absolute atomic E-state index is 0.0584. The topological polar surface area (TPSA) is 133 Å². The van der Waals surface area contributed by atoms with Crippen LogP contribution in [0.3, 0.4) is 0 Å². The summed E-state index contributed by atoms with van der Waals surface area (Å²) in [6, 6.07) is 8.84. The molecule has 3 atom stereocenters. The average Bonchev–Trinajstić information content (AvgIpc) is 3.55. The van der Waals surface area contributed by atoms with Gasteiger partial charge in [-0.2, -0.15) is 13.2 Å². The zero-order chi connectivity index (χ0) is 30.0. The molecule has 3 amide bonds. The van der Waals surface area contributed by atoms with E-state index >= 15 is 0 Å². The van der Waals surface area contributed by atoms with Gasteiger partial charge in [-0.15, -0.1) is 0 Å². The number of pyridine rings is 1. The standard InChI is InChI=1S/C28H35F3N6O5/c1-17-2-3-20(33-27(40)36-5-4-18(14-36)13-28(29,30)31)12-21(17)19-10-24(35-6-8-41-9-7-35)34-25(11-19)37-15-22(38)23(16-37)42-26(32)39/h2-3,10-12,18,22-23,38H,4-9,13-16H2,1H3,(H2,32,39)(H,33,40)/t18-,22+,23+/m0/s1. The molecule has 0 saturated carbocycles. The molecular formula is C28H35F3N6O5. The molecule has 3 aliphatic heterocycles. The van der Waals surface area contributed by atoms with Gasteiger partial charge in [0.25, 0.3) is 0 Å². The summed E-state index contributed by atoms with van der Waals surface area (Å²) in [5, 5.41) is 13.3. The summed E-state index contributed by atoms with van der Waals surface area (Å²) in [4.78, 5) is 34.4. The number of amides is 3. The molecule has 42 heavy (non-hydrogen) atoms. The van der Waals surface area contributed by atoms with Crippen LogP contribution >= 0.6 is 0 Å². The van der Waals surface area contributed by atoms with Crippen LogP contribution in [0, 0.1) is 12.8 Å². The van der Waals surface area contributed by atoms with E-state index in [1.54, 1.807) is 6.07 Å². The van der Waals surface area contributed by atoms with Gasteiger partial charge in [0, 0.05) is 44.8 Å². The van der Waals surface area contributed by atoms with Crippen LogP contribution in [0.4, 0.5) is 40.1 Å². The fraction of sp³-hybridized carbons (Fsp3) is 0.536. The van der Waals surface area contributed by atoms with Crippen LogP contribution in [0.1, 0.15) is 18.4 Å². The van der Waals surface area contributed by atoms with E-state index in [-0.39, 0.29) is 26.2 Å². The van der Waals surface area contributed by atoms with E-state index < -0.39 is 42.8 Å². The number of carbonyl (C=O) groups excluding carboxylic acids is 2. The summed E-state index contributed by atoms with van der Waals surface area (Å²) < 4.78 is 49.0. The third kappa shape index (κ3) is 7.16. The van der Waals surface area contributed by atoms with Gasteiger partial charge >= 0.3 is 18.3 Å². The van der Waals surface area contributed by atoms with E-state index in [9.17, 15) is 27.9 Å². The molecule has 3 aliphatic rings. The summed E-state index contributed by atoms with van der Waals surface area (Å²) >= 11 is 0. The van der Waals surface area contributed by atoms with Crippen molar-refractivity contribution in [3.05, 3.63) is 35.9 Å². The summed E-state index contributed by atoms with van der Waals surface area (Å²) in [5.41, 5.74) is 8.26. The number of carbonyl (C=O) groups is 2. The van der Waals surface area contributed by atoms with Crippen molar-refractivity contribution in [2.24, 2.45) is 11.7 Å². The Morgan fingerprint density at radius 2 is 1.81 bits per heavy atom. The van der Waals surface area contributed by atoms with Gasteiger partial charge in [-0.3, -0.25) is 0 Å². The number of nitrogens with one attached hydrogen (secondary N) is 1. The second-order valence-electron chi connectivity index (χ2n) is 11.0. The third-order valence-corrected chi connectivity index (χ3v) is 7.85. The fourth-order valence-corrected chi connectivity index (χ4v) is 5.71. The lowest BCUT2D eigenvalue weighted by atomic mass is 10.00. The maximum Gasteiger partial charge on any atom is 0.404 e. The Morgan fingerprint density at radius 1 is 1.10 bits per heavy atom. The zero-order valence-corrected chi connectivity index (χ0v) is 23.3. The molecule has 0 radical (unpaired) electrons. The van der Waals surface area contributed by atoms with E-state index in [2.05, 4.69) is 10.2 Å². The number of benzene rings is 1. The number of hydrogen-bond acceptors (Lipinski definition) is 8. The molecule has 0 unspecified atom stereocenters. The number of nitrogens with zero attached hydrogens (tertiary/aromatic N) is 4. The molecule has 1 aromatic heterocycles. The van der Waals surface area contributed by atoms with Crippen LogP contribution in [-0.2, 0) is 9.47 Å². The second-order valence-corrected chi connectivity index (χ2v) is 11.0. The van der Waals surface area contributed by atoms with Crippen molar-refractivity contribution in [2.75, 3.05) is 67.6 Å². The number of rotatable bonds is 6. The number of anilines is 3. The predicted octanol–water partition coefficient (Wildman–Crippen LogP) is 3.34. The van der Waals surface area contributed by atoms with Crippen molar-refractivity contribution in [2.45, 2.75) is 38.1 Å². The number of urea groups is 1. The summed E-state index contributed by atoms with van der Waals surface area (Å²) in [7, 11) is 0. The lowest BCUT2D eigenvalue weighted by Crippen LogP contribution is -2.37. The highest BCUT2D eigenvalue weighted by molar-refractivity contribution is 5.91. The molecule has 4 N–H and O–H groups in total. The number of aryl methyl sites for hydroxylation is 1. The summed E-state index contributed by atoms with van der Waals surface area (Å²) in [6.07, 6.45) is -7.53. The van der Waals surface area contributed by atoms with E-state index in [0.717, 1.165) is 16.7 Å². The van der Waals surface area contributed by atoms with E-state index in [1.165, 1.54) is 4.90 Å². The Kier molecular flexibility index (Phi) is 8.64. The highest BCUT2D eigenvalue weighted by Crippen LogP contribution is 2.34. The lowest BCUT2D eigenvalue weighted by molar-refractivity contribution is -0.143. The highest BCUT2D eigenvalue weighted by Gasteiger charge is 2.37. The monoisotopic (exact) mass is 592 g/mol. The van der Waals surface area contributed by atoms with Crippen LogP contribution in [0.15, 0.2) is 30.3 Å². The molecule has 5 rings (SSSR count). The first-order valence-corrected chi connectivity index (χ1v) is 13.9. The molecule has 0 spiro atoms. The number of alkyl halides is 3. The Morgan fingerprint density at radius 3 is 2.50 bits per heavy atom. The van der Waals surface area contributed by atoms with Gasteiger partial charge in [0.1, 0.15) is 23.8 Å². The molecule has 2 aromatic rings. The third-order valence-electron chi connectivity index (χ3n) is 7.85. The van der Waals surface area contributed by atoms with E-state index in [0.29, 0.717) is 50.0 Å². The van der Waals surface area contributed by atoms with Crippen molar-refractivity contribution in [3.63, 3.8) is 0 Å². The van der Waals surface area contributed by atoms with Gasteiger partial charge < -0.3 is 40.3 Å². The molecule has 0 bridgehead atoms. The highest BCUT2D eigenvalue weighted by atomic mass is 19.4. The van der Waals surface area contributed by atoms with Crippen molar-refractivity contribution in [1.82, 2.24) is 9.88 Å². The van der Waals surface area contributed by atoms with Gasteiger partial charge in [0.2, 0.25) is 0 Å². The SMILES string of the molecule is Cc1ccc(NC(=O)N2CC[C@@H](CC(F)(F)F)C2)cc1-c1cc(N2CCOCC2)nc(N2C[C@@H](O)[C@H](OC(N)=O)C2)c1. The molecule has 1 aromatic carbocycles. The van der Waals surface area contributed by atoms with Crippen molar-refractivity contribution < 1.29 is 37.3 Å². The number of β-amino-alcohol motifs (C(OH)–C–C–N with tert-alkyl or cyclic N) is 1. The number of morpholine rings is 1. The Labute approximate surface area is 241 Å². The van der Waals surface area contributed by atoms with Gasteiger partial charge in [0.15, 0.2) is 0 Å². The first kappa shape index (κ1) is 29.7. The van der Waals surface area contributed by atoms with Crippen LogP contribution in [0.5, 0.6) is 0 Å². The minimum Gasteiger partial charge on any atom is -0.442 e. The molecule has 4 heterocycles. The second kappa shape index (κ2) is 12.2. The number of aromatic nitrogens is 1. The largest absolute Gasteiger partial charge is 0.442 e. The zero-order valence-electron chi connectivity index (χ0n) is 23.3. The van der Waals surface area contributed by atoms with Gasteiger partial charge in [0.05, 0.1) is 19.8 Å². The first-order valence-electron chi connectivity index (χ1n) is 13.9. The smallest absolute Gasteiger partial charge is 0.404 e. The first-order chi connectivity index (χ1) is 19.9. The minimum atomic E-state index is -4.25. The van der Waals surface area contributed by atoms with Crippen molar-refractivity contribution >= 4 is 29.4 Å². The van der Waals surface area contributed by atoms with Crippen molar-refractivity contribution in [1.29, 1.82) is 0 Å². The number of aliphatic hydroxyl groups is 1. The van der Waals surface area contributed by atoms with Gasteiger partial charge in [-0.05, 0) is 60.2 Å². The van der Waals surface area contributed by atoms with Crippen LogP contribution in [0.2, 0.25) is 0 Å². The predicted molar refractivity (Wildman–Crippen MR) is 149 cm³/mol. The Bertz CT molecular complexity index is 1310. The molecule has 3 fully saturated rings. The Balaban J connectivity index is 1.40. The van der Waals surface area contributed by atoms with E-state index in [4.69, 9.17) is 20.2 Å². The number of hydrogen-bond donors (Lipinski definition) is 3. The fourth-order valence-electron chi connectivity index (χ4n) is 5.71. The summed E-state index contributed by atoms with van der Waals surface area (Å²) in [5.74, 6) is 0.682. The van der Waals surface area contributed by atoms with Gasteiger partial charge in [-0.1, -0.05) is 6.07 Å².